The van der Waals surface area contributed by atoms with Crippen molar-refractivity contribution in [2.24, 2.45) is 0 Å². The summed E-state index contributed by atoms with van der Waals surface area (Å²) >= 11 is 1.63. The predicted molar refractivity (Wildman–Crippen MR) is 111 cm³/mol. The predicted octanol–water partition coefficient (Wildman–Crippen LogP) is 2.43. The second-order valence-corrected chi connectivity index (χ2v) is 10.1. The number of aromatic nitrogens is 2. The number of thiazole rings is 1. The third-order valence-corrected chi connectivity index (χ3v) is 7.97. The molecule has 2 fully saturated rings. The molecule has 2 aliphatic rings. The molecule has 2 aromatic rings. The highest BCUT2D eigenvalue weighted by Gasteiger charge is 2.26. The zero-order valence-corrected chi connectivity index (χ0v) is 17.7. The van der Waals surface area contributed by atoms with Gasteiger partial charge in [0.05, 0.1) is 11.2 Å². The molecular formula is C19H27N5O2S2. The summed E-state index contributed by atoms with van der Waals surface area (Å²) in [6.07, 6.45) is 5.57. The van der Waals surface area contributed by atoms with E-state index in [1.807, 2.05) is 11.6 Å². The van der Waals surface area contributed by atoms with E-state index in [0.717, 1.165) is 69.9 Å². The van der Waals surface area contributed by atoms with E-state index in [9.17, 15) is 8.42 Å². The molecule has 9 heteroatoms. The van der Waals surface area contributed by atoms with E-state index in [0.29, 0.717) is 18.0 Å². The number of hydrogen-bond acceptors (Lipinski definition) is 7. The van der Waals surface area contributed by atoms with E-state index in [-0.39, 0.29) is 0 Å². The first kappa shape index (κ1) is 19.8. The minimum atomic E-state index is -3.42. The molecule has 152 valence electrons. The summed E-state index contributed by atoms with van der Waals surface area (Å²) in [6, 6.07) is 3.57. The molecule has 0 spiro atoms. The maximum absolute atomic E-state index is 12.8. The summed E-state index contributed by atoms with van der Waals surface area (Å²) in [7, 11) is -3.42. The Balaban J connectivity index is 1.39. The zero-order chi connectivity index (χ0) is 19.4. The minimum Gasteiger partial charge on any atom is -0.355 e. The topological polar surface area (TPSA) is 69.6 Å². The molecule has 0 atom stereocenters. The Labute approximate surface area is 171 Å². The maximum atomic E-state index is 12.8. The normalized spacial score (nSPS) is 20.2. The third-order valence-electron chi connectivity index (χ3n) is 5.46. The van der Waals surface area contributed by atoms with Crippen LogP contribution in [0.5, 0.6) is 0 Å². The van der Waals surface area contributed by atoms with Crippen molar-refractivity contribution in [2.75, 3.05) is 44.2 Å². The van der Waals surface area contributed by atoms with Crippen molar-refractivity contribution >= 4 is 27.2 Å². The number of sulfonamides is 1. The average Bonchev–Trinajstić information content (AvgIpc) is 3.13. The number of piperidine rings is 1. The van der Waals surface area contributed by atoms with Gasteiger partial charge in [0.1, 0.15) is 10.7 Å². The highest BCUT2D eigenvalue weighted by molar-refractivity contribution is 7.89. The first-order valence-corrected chi connectivity index (χ1v) is 12.3. The second kappa shape index (κ2) is 8.86. The van der Waals surface area contributed by atoms with Crippen molar-refractivity contribution in [3.05, 3.63) is 34.9 Å². The largest absolute Gasteiger partial charge is 0.355 e. The van der Waals surface area contributed by atoms with Gasteiger partial charge < -0.3 is 4.90 Å². The smallest absolute Gasteiger partial charge is 0.244 e. The van der Waals surface area contributed by atoms with Crippen LogP contribution in [0.25, 0.3) is 0 Å². The van der Waals surface area contributed by atoms with Gasteiger partial charge >= 0.3 is 0 Å². The number of hydrogen-bond donors (Lipinski definition) is 0. The van der Waals surface area contributed by atoms with Gasteiger partial charge in [-0.25, -0.2) is 18.4 Å². The highest BCUT2D eigenvalue weighted by atomic mass is 32.2. The monoisotopic (exact) mass is 421 g/mol. The van der Waals surface area contributed by atoms with E-state index in [2.05, 4.69) is 25.1 Å². The lowest BCUT2D eigenvalue weighted by Gasteiger charge is -2.26. The van der Waals surface area contributed by atoms with Gasteiger partial charge in [-0.3, -0.25) is 4.90 Å². The van der Waals surface area contributed by atoms with Crippen molar-refractivity contribution in [2.45, 2.75) is 37.1 Å². The van der Waals surface area contributed by atoms with Gasteiger partial charge in [0, 0.05) is 57.4 Å². The summed E-state index contributed by atoms with van der Waals surface area (Å²) in [6.45, 7) is 5.92. The fourth-order valence-electron chi connectivity index (χ4n) is 3.87. The molecule has 0 radical (unpaired) electrons. The summed E-state index contributed by atoms with van der Waals surface area (Å²) < 4.78 is 27.2. The van der Waals surface area contributed by atoms with Crippen LogP contribution in [-0.4, -0.2) is 66.9 Å². The lowest BCUT2D eigenvalue weighted by Crippen LogP contribution is -2.35. The Morgan fingerprint density at radius 3 is 2.50 bits per heavy atom. The van der Waals surface area contributed by atoms with Crippen molar-refractivity contribution in [1.29, 1.82) is 0 Å². The molecule has 0 saturated carbocycles. The first-order valence-electron chi connectivity index (χ1n) is 9.93. The molecule has 4 heterocycles. The SMILES string of the molecule is O=S(=O)(c1ccc(N2CCCN(Cc3cscn3)CC2)nc1)N1CCCCC1. The lowest BCUT2D eigenvalue weighted by atomic mass is 10.2. The molecule has 0 aromatic carbocycles. The van der Waals surface area contributed by atoms with Gasteiger partial charge in [-0.2, -0.15) is 4.31 Å². The Morgan fingerprint density at radius 1 is 0.929 bits per heavy atom. The molecule has 0 amide bonds. The molecule has 0 N–H and O–H groups in total. The fraction of sp³-hybridized carbons (Fsp3) is 0.579. The number of rotatable bonds is 5. The minimum absolute atomic E-state index is 0.304. The van der Waals surface area contributed by atoms with Gasteiger partial charge in [0.25, 0.3) is 0 Å². The Kier molecular flexibility index (Phi) is 6.25. The zero-order valence-electron chi connectivity index (χ0n) is 16.0. The van der Waals surface area contributed by atoms with E-state index in [1.165, 1.54) is 6.20 Å². The molecule has 2 saturated heterocycles. The molecular weight excluding hydrogens is 394 g/mol. The molecule has 4 rings (SSSR count). The molecule has 0 unspecified atom stereocenters. The van der Waals surface area contributed by atoms with Crippen LogP contribution in [0.2, 0.25) is 0 Å². The van der Waals surface area contributed by atoms with Crippen molar-refractivity contribution in [3.8, 4) is 0 Å². The molecule has 0 aliphatic carbocycles. The van der Waals surface area contributed by atoms with Crippen LogP contribution in [0.4, 0.5) is 5.82 Å². The van der Waals surface area contributed by atoms with Crippen molar-refractivity contribution < 1.29 is 8.42 Å². The number of anilines is 1. The van der Waals surface area contributed by atoms with Crippen LogP contribution >= 0.6 is 11.3 Å². The maximum Gasteiger partial charge on any atom is 0.244 e. The van der Waals surface area contributed by atoms with Crippen molar-refractivity contribution in [3.63, 3.8) is 0 Å². The first-order chi connectivity index (χ1) is 13.6. The Hall–Kier alpha value is -1.55. The van der Waals surface area contributed by atoms with Crippen LogP contribution in [0, 0.1) is 0 Å². The number of nitrogens with zero attached hydrogens (tertiary/aromatic N) is 5. The van der Waals surface area contributed by atoms with Gasteiger partial charge in [-0.05, 0) is 31.4 Å². The quantitative estimate of drug-likeness (QED) is 0.739. The summed E-state index contributed by atoms with van der Waals surface area (Å²) in [5.41, 5.74) is 3.01. The molecule has 28 heavy (non-hydrogen) atoms. The van der Waals surface area contributed by atoms with Crippen molar-refractivity contribution in [1.82, 2.24) is 19.2 Å². The number of pyridine rings is 1. The van der Waals surface area contributed by atoms with Crippen LogP contribution in [0.1, 0.15) is 31.4 Å². The fourth-order valence-corrected chi connectivity index (χ4v) is 5.88. The van der Waals surface area contributed by atoms with Gasteiger partial charge in [0.15, 0.2) is 0 Å². The van der Waals surface area contributed by atoms with E-state index in [4.69, 9.17) is 0 Å². The summed E-state index contributed by atoms with van der Waals surface area (Å²) in [4.78, 5) is 13.8. The molecule has 2 aromatic heterocycles. The van der Waals surface area contributed by atoms with Crippen LogP contribution in [0.15, 0.2) is 34.1 Å². The third kappa shape index (κ3) is 4.53. The second-order valence-electron chi connectivity index (χ2n) is 7.41. The van der Waals surface area contributed by atoms with Gasteiger partial charge in [-0.15, -0.1) is 11.3 Å². The lowest BCUT2D eigenvalue weighted by molar-refractivity contribution is 0.282. The van der Waals surface area contributed by atoms with E-state index >= 15 is 0 Å². The Morgan fingerprint density at radius 2 is 1.79 bits per heavy atom. The van der Waals surface area contributed by atoms with E-state index < -0.39 is 10.0 Å². The van der Waals surface area contributed by atoms with Gasteiger partial charge in [-0.1, -0.05) is 6.42 Å². The highest BCUT2D eigenvalue weighted by Crippen LogP contribution is 2.22. The standard InChI is InChI=1S/C19H27N5O2S2/c25-28(26,24-9-2-1-3-10-24)18-5-6-19(20-13-18)23-8-4-7-22(11-12-23)14-17-15-27-16-21-17/h5-6,13,15-16H,1-4,7-12,14H2. The van der Waals surface area contributed by atoms with Gasteiger partial charge in [0.2, 0.25) is 10.0 Å². The molecule has 0 bridgehead atoms. The molecule has 7 nitrogen and oxygen atoms in total. The van der Waals surface area contributed by atoms with E-state index in [1.54, 1.807) is 21.7 Å². The summed E-state index contributed by atoms with van der Waals surface area (Å²) in [5.74, 6) is 0.855. The molecule has 2 aliphatic heterocycles. The van der Waals surface area contributed by atoms with Crippen LogP contribution in [-0.2, 0) is 16.6 Å². The van der Waals surface area contributed by atoms with Crippen LogP contribution < -0.4 is 4.90 Å². The Bertz CT molecular complexity index is 849. The van der Waals surface area contributed by atoms with Crippen LogP contribution in [0.3, 0.4) is 0 Å². The summed E-state index contributed by atoms with van der Waals surface area (Å²) in [5, 5.41) is 2.10. The average molecular weight is 422 g/mol.